The predicted molar refractivity (Wildman–Crippen MR) is 175 cm³/mol. The Bertz CT molecular complexity index is 1040. The lowest BCUT2D eigenvalue weighted by Gasteiger charge is -2.24. The van der Waals surface area contributed by atoms with E-state index in [1.807, 2.05) is 27.7 Å². The van der Waals surface area contributed by atoms with Crippen LogP contribution in [0.5, 0.6) is 5.75 Å². The summed E-state index contributed by atoms with van der Waals surface area (Å²) in [5.74, 6) is 1.87. The minimum absolute atomic E-state index is 0.187. The van der Waals surface area contributed by atoms with E-state index in [1.54, 1.807) is 0 Å². The first kappa shape index (κ1) is 36.2. The zero-order valence-corrected chi connectivity index (χ0v) is 27.5. The number of nitrogens with zero attached hydrogens (tertiary/aromatic N) is 1. The van der Waals surface area contributed by atoms with E-state index in [2.05, 4.69) is 135 Å². The number of hydrazone groups is 1. The fraction of sp³-hybridized carbons (Fsp3) is 0.528. The van der Waals surface area contributed by atoms with Crippen molar-refractivity contribution in [3.63, 3.8) is 0 Å². The second-order valence-electron chi connectivity index (χ2n) is 12.5. The summed E-state index contributed by atoms with van der Waals surface area (Å²) in [6.45, 7) is 35.5. The van der Waals surface area contributed by atoms with Crippen LogP contribution >= 0.6 is 0 Å². The van der Waals surface area contributed by atoms with Gasteiger partial charge in [-0.3, -0.25) is 5.43 Å². The van der Waals surface area contributed by atoms with Crippen molar-refractivity contribution < 1.29 is 4.74 Å². The molecule has 0 unspecified atom stereocenters. The number of allylic oxidation sites excluding steroid dienone is 2. The van der Waals surface area contributed by atoms with E-state index >= 15 is 0 Å². The first-order valence-corrected chi connectivity index (χ1v) is 14.6. The van der Waals surface area contributed by atoms with Gasteiger partial charge in [0.25, 0.3) is 0 Å². The number of hydrogen-bond acceptors (Lipinski definition) is 3. The van der Waals surface area contributed by atoms with E-state index in [4.69, 9.17) is 4.74 Å². The molecule has 0 radical (unpaired) electrons. The zero-order valence-electron chi connectivity index (χ0n) is 27.5. The Balaban J connectivity index is 0.000000536. The lowest BCUT2D eigenvalue weighted by molar-refractivity contribution is 0.380. The summed E-state index contributed by atoms with van der Waals surface area (Å²) >= 11 is 0. The normalized spacial score (nSPS) is 14.1. The van der Waals surface area contributed by atoms with Gasteiger partial charge < -0.3 is 4.74 Å². The molecule has 2 aliphatic heterocycles. The maximum absolute atomic E-state index is 5.60. The van der Waals surface area contributed by atoms with Gasteiger partial charge in [0.15, 0.2) is 0 Å². The van der Waals surface area contributed by atoms with Crippen LogP contribution in [-0.4, -0.2) is 5.71 Å². The van der Waals surface area contributed by atoms with Crippen molar-refractivity contribution in [2.75, 3.05) is 0 Å². The average molecular weight is 535 g/mol. The molecule has 0 fully saturated rings. The molecule has 0 atom stereocenters. The molecule has 3 nitrogen and oxygen atoms in total. The van der Waals surface area contributed by atoms with Gasteiger partial charge in [-0.25, -0.2) is 0 Å². The van der Waals surface area contributed by atoms with Gasteiger partial charge in [-0.05, 0) is 40.0 Å². The summed E-state index contributed by atoms with van der Waals surface area (Å²) in [5.41, 5.74) is 9.84. The lowest BCUT2D eigenvalue weighted by Crippen LogP contribution is -2.17. The van der Waals surface area contributed by atoms with Gasteiger partial charge in [-0.1, -0.05) is 146 Å². The summed E-state index contributed by atoms with van der Waals surface area (Å²) in [6.07, 6.45) is 2.90. The van der Waals surface area contributed by atoms with Crippen LogP contribution in [0.2, 0.25) is 0 Å². The molecule has 0 saturated heterocycles. The van der Waals surface area contributed by atoms with Crippen LogP contribution in [0.25, 0.3) is 0 Å². The van der Waals surface area contributed by atoms with Gasteiger partial charge in [-0.15, -0.1) is 0 Å². The molecule has 0 bridgehead atoms. The van der Waals surface area contributed by atoms with Gasteiger partial charge in [0, 0.05) is 29.7 Å². The highest BCUT2D eigenvalue weighted by Gasteiger charge is 2.23. The Hall–Kier alpha value is -2.81. The maximum Gasteiger partial charge on any atom is 0.130 e. The summed E-state index contributed by atoms with van der Waals surface area (Å²) < 4.78 is 5.60. The summed E-state index contributed by atoms with van der Waals surface area (Å²) in [4.78, 5) is 0. The van der Waals surface area contributed by atoms with Crippen molar-refractivity contribution in [1.29, 1.82) is 0 Å². The standard InChI is InChI=1S/C14H18O.C10H14.C8H14N2.2C2H6/c1-10-5-6-11-9-12(14(2,3)4)7-8-13(11)15-10;1-10(2,3)9-7-5-4-6-8-9;1-6-5-7(10-9-6)8(2,3)4;2*1-2/h7-9H,1,5-6H2,2-4H3;4-8H,1-3H3;9H,1,5H2,2-4H3;2*1-2H3. The van der Waals surface area contributed by atoms with Crippen LogP contribution < -0.4 is 10.2 Å². The largest absolute Gasteiger partial charge is 0.462 e. The summed E-state index contributed by atoms with van der Waals surface area (Å²) in [6, 6.07) is 17.0. The molecule has 39 heavy (non-hydrogen) atoms. The summed E-state index contributed by atoms with van der Waals surface area (Å²) in [7, 11) is 0. The second kappa shape index (κ2) is 16.3. The number of fused-ring (bicyclic) bond motifs is 1. The molecular weight excluding hydrogens is 476 g/mol. The van der Waals surface area contributed by atoms with Crippen LogP contribution in [-0.2, 0) is 17.3 Å². The van der Waals surface area contributed by atoms with Gasteiger partial charge in [0.05, 0.1) is 5.76 Å². The number of benzene rings is 2. The van der Waals surface area contributed by atoms with E-state index in [1.165, 1.54) is 22.4 Å². The first-order valence-electron chi connectivity index (χ1n) is 14.6. The topological polar surface area (TPSA) is 33.6 Å². The molecule has 2 heterocycles. The van der Waals surface area contributed by atoms with Crippen molar-refractivity contribution in [1.82, 2.24) is 5.43 Å². The first-order chi connectivity index (χ1) is 18.1. The van der Waals surface area contributed by atoms with Crippen molar-refractivity contribution >= 4 is 5.71 Å². The number of hydrogen-bond donors (Lipinski definition) is 1. The fourth-order valence-corrected chi connectivity index (χ4v) is 3.62. The third kappa shape index (κ3) is 13.2. The number of ether oxygens (including phenoxy) is 1. The van der Waals surface area contributed by atoms with Gasteiger partial charge >= 0.3 is 0 Å². The molecule has 2 aliphatic rings. The molecule has 4 rings (SSSR count). The molecule has 218 valence electrons. The average Bonchev–Trinajstić information content (AvgIpc) is 3.33. The van der Waals surface area contributed by atoms with Gasteiger partial charge in [0.1, 0.15) is 5.75 Å². The molecule has 3 heteroatoms. The third-order valence-corrected chi connectivity index (χ3v) is 6.09. The smallest absolute Gasteiger partial charge is 0.130 e. The predicted octanol–water partition coefficient (Wildman–Crippen LogP) is 10.8. The molecule has 0 saturated carbocycles. The van der Waals surface area contributed by atoms with Crippen molar-refractivity contribution in [2.24, 2.45) is 10.5 Å². The van der Waals surface area contributed by atoms with Crippen LogP contribution in [0, 0.1) is 5.41 Å². The second-order valence-corrected chi connectivity index (χ2v) is 12.5. The van der Waals surface area contributed by atoms with E-state index in [0.717, 1.165) is 36.5 Å². The van der Waals surface area contributed by atoms with Crippen LogP contribution in [0.1, 0.15) is 120 Å². The number of rotatable bonds is 0. The molecule has 0 aliphatic carbocycles. The van der Waals surface area contributed by atoms with E-state index in [9.17, 15) is 0 Å². The van der Waals surface area contributed by atoms with Gasteiger partial charge in [-0.2, -0.15) is 5.10 Å². The summed E-state index contributed by atoms with van der Waals surface area (Å²) in [5, 5.41) is 4.16. The quantitative estimate of drug-likeness (QED) is 0.364. The Morgan fingerprint density at radius 3 is 1.62 bits per heavy atom. The van der Waals surface area contributed by atoms with Crippen LogP contribution in [0.3, 0.4) is 0 Å². The SMILES string of the molecule is C=C1CC(C(C)(C)C)=NN1.C=C1CCc2cc(C(C)(C)C)ccc2O1.CC.CC.CC(C)(C)c1ccccc1. The Morgan fingerprint density at radius 1 is 0.692 bits per heavy atom. The Kier molecular flexibility index (Phi) is 15.2. The monoisotopic (exact) mass is 534 g/mol. The van der Waals surface area contributed by atoms with Crippen molar-refractivity contribution in [2.45, 2.75) is 120 Å². The fourth-order valence-electron chi connectivity index (χ4n) is 3.62. The lowest BCUT2D eigenvalue weighted by atomic mass is 9.85. The van der Waals surface area contributed by atoms with E-state index in [-0.39, 0.29) is 10.8 Å². The van der Waals surface area contributed by atoms with Crippen molar-refractivity contribution in [3.8, 4) is 5.75 Å². The Labute approximate surface area is 241 Å². The minimum Gasteiger partial charge on any atom is -0.462 e. The molecular formula is C36H58N2O. The number of nitrogens with one attached hydrogen (secondary N) is 1. The van der Waals surface area contributed by atoms with Crippen molar-refractivity contribution in [3.05, 3.63) is 89.8 Å². The molecule has 0 amide bonds. The third-order valence-electron chi connectivity index (χ3n) is 6.09. The highest BCUT2D eigenvalue weighted by atomic mass is 16.5. The molecule has 0 aromatic heterocycles. The molecule has 0 spiro atoms. The van der Waals surface area contributed by atoms with E-state index in [0.29, 0.717) is 5.41 Å². The highest BCUT2D eigenvalue weighted by Crippen LogP contribution is 2.33. The zero-order chi connectivity index (χ0) is 30.4. The maximum atomic E-state index is 5.60. The van der Waals surface area contributed by atoms with Crippen LogP contribution in [0.15, 0.2) is 78.2 Å². The minimum atomic E-state index is 0.187. The Morgan fingerprint density at radius 2 is 1.23 bits per heavy atom. The molecule has 2 aromatic carbocycles. The van der Waals surface area contributed by atoms with E-state index < -0.39 is 0 Å². The molecule has 1 N–H and O–H groups in total. The van der Waals surface area contributed by atoms with Crippen LogP contribution in [0.4, 0.5) is 0 Å². The highest BCUT2D eigenvalue weighted by molar-refractivity contribution is 5.92. The molecule has 2 aromatic rings. The van der Waals surface area contributed by atoms with Gasteiger partial charge in [0.2, 0.25) is 0 Å². The number of aryl methyl sites for hydroxylation is 1.